The van der Waals surface area contributed by atoms with Crippen LogP contribution in [0.15, 0.2) is 82.8 Å². The number of fused-ring (bicyclic) bond motifs is 1. The van der Waals surface area contributed by atoms with Gasteiger partial charge in [-0.3, -0.25) is 19.0 Å². The van der Waals surface area contributed by atoms with Crippen molar-refractivity contribution in [3.05, 3.63) is 105 Å². The lowest BCUT2D eigenvalue weighted by Gasteiger charge is -2.22. The lowest BCUT2D eigenvalue weighted by Crippen LogP contribution is -2.44. The van der Waals surface area contributed by atoms with Crippen molar-refractivity contribution >= 4 is 46.6 Å². The number of carboxylic acids is 1. The van der Waals surface area contributed by atoms with E-state index in [0.29, 0.717) is 87.5 Å². The van der Waals surface area contributed by atoms with Gasteiger partial charge in [0, 0.05) is 72.3 Å². The summed E-state index contributed by atoms with van der Waals surface area (Å²) < 4.78 is 7.10. The second-order valence-corrected chi connectivity index (χ2v) is 13.1. The quantitative estimate of drug-likeness (QED) is 0.156. The summed E-state index contributed by atoms with van der Waals surface area (Å²) in [5.41, 5.74) is 5.47. The number of carbonyl (C=O) groups excluding carboxylic acids is 1. The zero-order valence-electron chi connectivity index (χ0n) is 27.5. The Kier molecular flexibility index (Phi) is 9.72. The average Bonchev–Trinajstić information content (AvgIpc) is 3.57. The Labute approximate surface area is 302 Å². The van der Waals surface area contributed by atoms with Gasteiger partial charge in [-0.2, -0.15) is 0 Å². The van der Waals surface area contributed by atoms with E-state index in [9.17, 15) is 19.5 Å². The van der Waals surface area contributed by atoms with Crippen LogP contribution in [0.3, 0.4) is 0 Å². The van der Waals surface area contributed by atoms with Gasteiger partial charge in [-0.25, -0.2) is 14.8 Å². The molecule has 2 aliphatic rings. The van der Waals surface area contributed by atoms with E-state index in [1.165, 1.54) is 11.5 Å². The summed E-state index contributed by atoms with van der Waals surface area (Å²) in [5.74, 6) is -0.211. The van der Waals surface area contributed by atoms with E-state index >= 15 is 0 Å². The molecule has 3 aromatic heterocycles. The smallest absolute Gasteiger partial charge is 0.326 e. The third-order valence-electron chi connectivity index (χ3n) is 9.05. The monoisotopic (exact) mass is 725 g/mol. The van der Waals surface area contributed by atoms with Gasteiger partial charge in [0.1, 0.15) is 17.5 Å². The normalized spacial score (nSPS) is 17.2. The van der Waals surface area contributed by atoms with Gasteiger partial charge < -0.3 is 25.8 Å². The first kappa shape index (κ1) is 34.2. The number of aromatic nitrogens is 3. The third kappa shape index (κ3) is 6.90. The number of ether oxygens (including phenoxy) is 1. The van der Waals surface area contributed by atoms with E-state index in [4.69, 9.17) is 32.9 Å². The molecule has 51 heavy (non-hydrogen) atoms. The minimum Gasteiger partial charge on any atom is -0.480 e. The Morgan fingerprint density at radius 2 is 1.73 bits per heavy atom. The number of pyridine rings is 2. The van der Waals surface area contributed by atoms with Gasteiger partial charge in [0.2, 0.25) is 11.8 Å². The summed E-state index contributed by atoms with van der Waals surface area (Å²) >= 11 is 14.1. The maximum absolute atomic E-state index is 13.3. The number of carbonyl (C=O) groups is 2. The molecule has 0 spiro atoms. The number of hydrogen-bond acceptors (Lipinski definition) is 9. The fourth-order valence-corrected chi connectivity index (χ4v) is 7.04. The van der Waals surface area contributed by atoms with Crippen molar-refractivity contribution in [2.75, 3.05) is 20.2 Å². The molecule has 1 fully saturated rings. The number of aliphatic imine (C=N–C) groups is 1. The average molecular weight is 727 g/mol. The molecule has 14 heteroatoms. The number of nitrogens with zero attached hydrogens (tertiary/aromatic N) is 4. The molecule has 2 aliphatic heterocycles. The van der Waals surface area contributed by atoms with Gasteiger partial charge in [0.15, 0.2) is 0 Å². The largest absolute Gasteiger partial charge is 0.480 e. The zero-order chi connectivity index (χ0) is 35.6. The highest BCUT2D eigenvalue weighted by atomic mass is 35.5. The van der Waals surface area contributed by atoms with Crippen molar-refractivity contribution in [1.29, 1.82) is 0 Å². The molecular formula is C37H33Cl2N7O5. The molecule has 2 aromatic carbocycles. The van der Waals surface area contributed by atoms with Gasteiger partial charge in [0.05, 0.1) is 28.4 Å². The summed E-state index contributed by atoms with van der Waals surface area (Å²) in [5, 5.41) is 19.5. The number of halogens is 2. The number of methoxy groups -OCH3 is 1. The number of amides is 1. The first-order valence-corrected chi connectivity index (χ1v) is 17.1. The van der Waals surface area contributed by atoms with Crippen LogP contribution < -0.4 is 26.2 Å². The summed E-state index contributed by atoms with van der Waals surface area (Å²) in [7, 11) is 1.49. The van der Waals surface area contributed by atoms with Crippen LogP contribution in [0, 0.1) is 0 Å². The first-order chi connectivity index (χ1) is 24.7. The molecule has 0 radical (unpaired) electrons. The van der Waals surface area contributed by atoms with Crippen LogP contribution in [0.5, 0.6) is 5.88 Å². The Balaban J connectivity index is 1.15. The van der Waals surface area contributed by atoms with Crippen LogP contribution in [0.25, 0.3) is 39.2 Å². The fourth-order valence-electron chi connectivity index (χ4n) is 6.38. The fraction of sp³-hybridized carbons (Fsp3) is 0.243. The molecule has 1 amide bonds. The van der Waals surface area contributed by atoms with Crippen LogP contribution >= 0.6 is 23.2 Å². The number of benzene rings is 2. The van der Waals surface area contributed by atoms with Crippen molar-refractivity contribution < 1.29 is 19.4 Å². The minimum absolute atomic E-state index is 0.0521. The second kappa shape index (κ2) is 14.5. The van der Waals surface area contributed by atoms with Crippen LogP contribution in [0.1, 0.15) is 30.4 Å². The molecule has 260 valence electrons. The van der Waals surface area contributed by atoms with E-state index in [2.05, 4.69) is 25.9 Å². The van der Waals surface area contributed by atoms with Gasteiger partial charge in [0.25, 0.3) is 5.56 Å². The Morgan fingerprint density at radius 1 is 0.980 bits per heavy atom. The van der Waals surface area contributed by atoms with Gasteiger partial charge in [-0.15, -0.1) is 0 Å². The van der Waals surface area contributed by atoms with E-state index in [0.717, 1.165) is 17.5 Å². The Hall–Kier alpha value is -5.30. The number of rotatable bonds is 10. The zero-order valence-corrected chi connectivity index (χ0v) is 29.0. The van der Waals surface area contributed by atoms with Crippen molar-refractivity contribution in [2.24, 2.45) is 4.99 Å². The number of hydrogen-bond donors (Lipinski definition) is 4. The number of carboxylic acid groups (broad SMARTS) is 1. The summed E-state index contributed by atoms with van der Waals surface area (Å²) in [4.78, 5) is 50.0. The molecule has 5 aromatic rings. The maximum Gasteiger partial charge on any atom is 0.326 e. The Morgan fingerprint density at radius 3 is 2.45 bits per heavy atom. The molecule has 5 heterocycles. The summed E-state index contributed by atoms with van der Waals surface area (Å²) in [6.45, 7) is 1.29. The van der Waals surface area contributed by atoms with Crippen LogP contribution in [-0.4, -0.2) is 69.5 Å². The lowest BCUT2D eigenvalue weighted by molar-refractivity contribution is -0.139. The predicted octanol–water partition coefficient (Wildman–Crippen LogP) is 4.97. The molecule has 0 saturated carbocycles. The Bertz CT molecular complexity index is 2270. The SMILES string of the molecule is COc1nc(-c2cccc(-c3cccc(-c4ccn5c(=O)c(CNC[C@H]6CCC(=O)N6)cnc5c4)c3Cl)c2Cl)ccc1C1=NCC[C@H](C(=O)O)N1. The van der Waals surface area contributed by atoms with Crippen molar-refractivity contribution in [3.63, 3.8) is 0 Å². The van der Waals surface area contributed by atoms with Crippen molar-refractivity contribution in [3.8, 4) is 39.4 Å². The highest BCUT2D eigenvalue weighted by molar-refractivity contribution is 6.39. The standard InChI is InChI=1S/C37H33Cl2N7O5/c1-51-35-27(34-41-14-12-29(44-34)37(49)50)9-10-28(45-35)26-7-3-6-25(33(26)39)24-5-2-4-23(32(24)38)20-13-15-46-30(16-20)42-18-21(36(46)48)17-40-19-22-8-11-31(47)43-22/h2-7,9-10,13,15-16,18,22,29,40H,8,11-12,14,17,19H2,1H3,(H,41,44)(H,43,47)(H,49,50)/t22-,29-/m1/s1. The van der Waals surface area contributed by atoms with Crippen molar-refractivity contribution in [1.82, 2.24) is 30.3 Å². The van der Waals surface area contributed by atoms with E-state index < -0.39 is 12.0 Å². The topological polar surface area (TPSA) is 159 Å². The van der Waals surface area contributed by atoms with Gasteiger partial charge in [-0.05, 0) is 42.7 Å². The summed E-state index contributed by atoms with van der Waals surface area (Å²) in [6, 6.07) is 17.8. The number of amidine groups is 1. The molecule has 0 bridgehead atoms. The summed E-state index contributed by atoms with van der Waals surface area (Å²) in [6.07, 6.45) is 4.96. The molecule has 1 saturated heterocycles. The molecule has 4 N–H and O–H groups in total. The maximum atomic E-state index is 13.3. The van der Waals surface area contributed by atoms with E-state index in [-0.39, 0.29) is 23.4 Å². The van der Waals surface area contributed by atoms with E-state index in [1.54, 1.807) is 24.5 Å². The second-order valence-electron chi connectivity index (χ2n) is 12.3. The lowest BCUT2D eigenvalue weighted by atomic mass is 9.97. The van der Waals surface area contributed by atoms with Crippen molar-refractivity contribution in [2.45, 2.75) is 37.9 Å². The molecular weight excluding hydrogens is 693 g/mol. The van der Waals surface area contributed by atoms with Crippen LogP contribution in [0.2, 0.25) is 10.0 Å². The molecule has 0 aliphatic carbocycles. The number of nitrogens with one attached hydrogen (secondary N) is 3. The first-order valence-electron chi connectivity index (χ1n) is 16.4. The number of aliphatic carboxylic acids is 1. The third-order valence-corrected chi connectivity index (χ3v) is 9.87. The predicted molar refractivity (Wildman–Crippen MR) is 196 cm³/mol. The molecule has 2 atom stereocenters. The highest BCUT2D eigenvalue weighted by Crippen LogP contribution is 2.42. The molecule has 0 unspecified atom stereocenters. The van der Waals surface area contributed by atoms with Crippen LogP contribution in [-0.2, 0) is 16.1 Å². The minimum atomic E-state index is -0.948. The van der Waals surface area contributed by atoms with Gasteiger partial charge in [-0.1, -0.05) is 59.6 Å². The highest BCUT2D eigenvalue weighted by Gasteiger charge is 2.26. The molecule has 12 nitrogen and oxygen atoms in total. The van der Waals surface area contributed by atoms with E-state index in [1.807, 2.05) is 48.5 Å². The van der Waals surface area contributed by atoms with Crippen LogP contribution in [0.4, 0.5) is 0 Å². The molecule has 7 rings (SSSR count). The van der Waals surface area contributed by atoms with Gasteiger partial charge >= 0.3 is 5.97 Å².